The van der Waals surface area contributed by atoms with Crippen molar-refractivity contribution in [2.45, 2.75) is 117 Å². The third-order valence-corrected chi connectivity index (χ3v) is 7.93. The first-order valence-electron chi connectivity index (χ1n) is 12.7. The molecule has 5 heteroatoms. The summed E-state index contributed by atoms with van der Waals surface area (Å²) in [5.41, 5.74) is 0.811. The van der Waals surface area contributed by atoms with E-state index in [0.717, 1.165) is 30.6 Å². The zero-order valence-electron chi connectivity index (χ0n) is 21.4. The van der Waals surface area contributed by atoms with Crippen molar-refractivity contribution in [3.63, 3.8) is 0 Å². The molecule has 0 amide bonds. The third kappa shape index (κ3) is 11.2. The van der Waals surface area contributed by atoms with Gasteiger partial charge in [0.15, 0.2) is 0 Å². The Labute approximate surface area is 198 Å². The maximum Gasteiger partial charge on any atom is 0.295 e. The number of hydrogen-bond acceptors (Lipinski definition) is 3. The van der Waals surface area contributed by atoms with E-state index in [-0.39, 0.29) is 10.6 Å². The summed E-state index contributed by atoms with van der Waals surface area (Å²) < 4.78 is 33.1. The Morgan fingerprint density at radius 2 is 1.19 bits per heavy atom. The van der Waals surface area contributed by atoms with E-state index >= 15 is 0 Å². The Hall–Kier alpha value is -1.07. The number of aryl methyl sites for hydroxylation is 1. The molecule has 0 aliphatic rings. The van der Waals surface area contributed by atoms with Gasteiger partial charge in [-0.3, -0.25) is 4.55 Å². The van der Waals surface area contributed by atoms with Gasteiger partial charge in [0, 0.05) is 5.56 Å². The Bertz CT molecular complexity index is 770. The van der Waals surface area contributed by atoms with Gasteiger partial charge in [0.05, 0.1) is 0 Å². The third-order valence-electron chi connectivity index (χ3n) is 6.84. The van der Waals surface area contributed by atoms with Gasteiger partial charge in [0.1, 0.15) is 10.6 Å². The highest BCUT2D eigenvalue weighted by Gasteiger charge is 2.21. The second-order valence-electron chi connectivity index (χ2n) is 10.7. The summed E-state index contributed by atoms with van der Waals surface area (Å²) in [7, 11) is -4.35. The quantitative estimate of drug-likeness (QED) is 0.241. The summed E-state index contributed by atoms with van der Waals surface area (Å²) in [6.07, 6.45) is 12.8. The highest BCUT2D eigenvalue weighted by Crippen LogP contribution is 2.31. The molecule has 0 aromatic heterocycles. The van der Waals surface area contributed by atoms with Crippen LogP contribution in [0.1, 0.15) is 110 Å². The number of hydrogen-bond donors (Lipinski definition) is 2. The van der Waals surface area contributed by atoms with Crippen molar-refractivity contribution in [2.75, 3.05) is 0 Å². The summed E-state index contributed by atoms with van der Waals surface area (Å²) in [5.74, 6) is 2.79. The van der Waals surface area contributed by atoms with Crippen molar-refractivity contribution in [2.24, 2.45) is 23.7 Å². The van der Waals surface area contributed by atoms with Gasteiger partial charge in [-0.2, -0.15) is 8.42 Å². The average molecular weight is 469 g/mol. The molecule has 2 N–H and O–H groups in total. The fraction of sp³-hybridized carbons (Fsp3) is 0.778. The molecule has 0 saturated heterocycles. The molecule has 1 aromatic rings. The van der Waals surface area contributed by atoms with Gasteiger partial charge < -0.3 is 5.11 Å². The van der Waals surface area contributed by atoms with Gasteiger partial charge in [-0.1, -0.05) is 98.5 Å². The molecule has 1 aromatic carbocycles. The molecule has 0 aliphatic carbocycles. The van der Waals surface area contributed by atoms with Crippen LogP contribution in [-0.4, -0.2) is 18.1 Å². The summed E-state index contributed by atoms with van der Waals surface area (Å²) >= 11 is 0. The van der Waals surface area contributed by atoms with E-state index in [4.69, 9.17) is 0 Å². The van der Waals surface area contributed by atoms with Crippen LogP contribution in [0.25, 0.3) is 0 Å². The standard InChI is InChI=1S/C27H48O4S/c1-20(2)10-7-11-21(3)12-8-13-22(4)14-9-15-23(5)16-18-25-26(28)19-17-24(6)27(25)32(29,30)31/h17,19-23,28H,7-16,18H2,1-6H3,(H,29,30,31)/t21-,22-,23?/m1/s1. The number of phenolic OH excluding ortho intramolecular Hbond substituents is 1. The molecule has 186 valence electrons. The lowest BCUT2D eigenvalue weighted by Gasteiger charge is -2.17. The van der Waals surface area contributed by atoms with Gasteiger partial charge in [-0.25, -0.2) is 0 Å². The minimum atomic E-state index is -4.35. The first-order valence-corrected chi connectivity index (χ1v) is 14.1. The van der Waals surface area contributed by atoms with Gasteiger partial charge in [-0.05, 0) is 55.1 Å². The second-order valence-corrected chi connectivity index (χ2v) is 12.1. The van der Waals surface area contributed by atoms with E-state index in [2.05, 4.69) is 34.6 Å². The first kappa shape index (κ1) is 29.0. The summed E-state index contributed by atoms with van der Waals surface area (Å²) in [6.45, 7) is 13.2. The number of phenols is 1. The lowest BCUT2D eigenvalue weighted by molar-refractivity contribution is 0.373. The maximum atomic E-state index is 11.8. The molecule has 0 radical (unpaired) electrons. The molecule has 0 spiro atoms. The molecule has 0 heterocycles. The van der Waals surface area contributed by atoms with Crippen LogP contribution in [0.2, 0.25) is 0 Å². The summed E-state index contributed by atoms with van der Waals surface area (Å²) in [6, 6.07) is 3.04. The van der Waals surface area contributed by atoms with Crippen LogP contribution in [0.4, 0.5) is 0 Å². The molecule has 32 heavy (non-hydrogen) atoms. The molecule has 0 saturated carbocycles. The van der Waals surface area contributed by atoms with Crippen molar-refractivity contribution in [1.82, 2.24) is 0 Å². The van der Waals surface area contributed by atoms with Crippen LogP contribution in [0.15, 0.2) is 17.0 Å². The predicted octanol–water partition coefficient (Wildman–Crippen LogP) is 7.96. The molecule has 1 rings (SSSR count). The zero-order chi connectivity index (χ0) is 24.3. The largest absolute Gasteiger partial charge is 0.508 e. The molecule has 4 nitrogen and oxygen atoms in total. The highest BCUT2D eigenvalue weighted by atomic mass is 32.2. The maximum absolute atomic E-state index is 11.8. The normalized spacial score (nSPS) is 15.1. The second kappa shape index (κ2) is 14.2. The van der Waals surface area contributed by atoms with Crippen LogP contribution in [0.5, 0.6) is 5.75 Å². The highest BCUT2D eigenvalue weighted by molar-refractivity contribution is 7.86. The van der Waals surface area contributed by atoms with Gasteiger partial charge in [-0.15, -0.1) is 0 Å². The Balaban J connectivity index is 2.32. The van der Waals surface area contributed by atoms with Crippen molar-refractivity contribution in [3.05, 3.63) is 23.3 Å². The van der Waals surface area contributed by atoms with Crippen molar-refractivity contribution in [1.29, 1.82) is 0 Å². The number of benzene rings is 1. The van der Waals surface area contributed by atoms with Crippen LogP contribution in [0.3, 0.4) is 0 Å². The van der Waals surface area contributed by atoms with E-state index < -0.39 is 10.1 Å². The Morgan fingerprint density at radius 1 is 0.750 bits per heavy atom. The Kier molecular flexibility index (Phi) is 12.9. The number of aromatic hydroxyl groups is 1. The first-order chi connectivity index (χ1) is 14.9. The van der Waals surface area contributed by atoms with Crippen LogP contribution >= 0.6 is 0 Å². The fourth-order valence-electron chi connectivity index (χ4n) is 4.66. The number of rotatable bonds is 16. The van der Waals surface area contributed by atoms with E-state index in [9.17, 15) is 18.1 Å². The molecular weight excluding hydrogens is 420 g/mol. The van der Waals surface area contributed by atoms with Crippen LogP contribution in [-0.2, 0) is 16.5 Å². The zero-order valence-corrected chi connectivity index (χ0v) is 22.2. The minimum absolute atomic E-state index is 0.0533. The van der Waals surface area contributed by atoms with Crippen molar-refractivity contribution in [3.8, 4) is 5.75 Å². The monoisotopic (exact) mass is 468 g/mol. The molecular formula is C27H48O4S. The van der Waals surface area contributed by atoms with Crippen LogP contribution in [0, 0.1) is 30.6 Å². The van der Waals surface area contributed by atoms with Crippen molar-refractivity contribution < 1.29 is 18.1 Å². The van der Waals surface area contributed by atoms with Crippen molar-refractivity contribution >= 4 is 10.1 Å². The van der Waals surface area contributed by atoms with E-state index in [1.54, 1.807) is 6.92 Å². The molecule has 0 bridgehead atoms. The lowest BCUT2D eigenvalue weighted by atomic mass is 9.90. The fourth-order valence-corrected chi connectivity index (χ4v) is 5.66. The average Bonchev–Trinajstić information content (AvgIpc) is 2.67. The van der Waals surface area contributed by atoms with E-state index in [1.807, 2.05) is 0 Å². The topological polar surface area (TPSA) is 74.6 Å². The lowest BCUT2D eigenvalue weighted by Crippen LogP contribution is -2.08. The van der Waals surface area contributed by atoms with E-state index in [1.165, 1.54) is 63.5 Å². The SMILES string of the molecule is Cc1ccc(O)c(CCC(C)CCC[C@H](C)CCC[C@H](C)CCCC(C)C)c1S(=O)(=O)O. The molecule has 1 unspecified atom stereocenters. The van der Waals surface area contributed by atoms with Gasteiger partial charge in [0.25, 0.3) is 10.1 Å². The predicted molar refractivity (Wildman–Crippen MR) is 135 cm³/mol. The molecule has 0 fully saturated rings. The summed E-state index contributed by atoms with van der Waals surface area (Å²) in [5, 5.41) is 10.2. The smallest absolute Gasteiger partial charge is 0.295 e. The summed E-state index contributed by atoms with van der Waals surface area (Å²) in [4.78, 5) is -0.128. The molecule has 3 atom stereocenters. The Morgan fingerprint density at radius 3 is 1.62 bits per heavy atom. The molecule has 0 aliphatic heterocycles. The van der Waals surface area contributed by atoms with E-state index in [0.29, 0.717) is 23.5 Å². The van der Waals surface area contributed by atoms with Crippen LogP contribution < -0.4 is 0 Å². The van der Waals surface area contributed by atoms with Gasteiger partial charge >= 0.3 is 0 Å². The minimum Gasteiger partial charge on any atom is -0.508 e. The van der Waals surface area contributed by atoms with Gasteiger partial charge in [0.2, 0.25) is 0 Å².